The van der Waals surface area contributed by atoms with Gasteiger partial charge in [0.2, 0.25) is 0 Å². The quantitative estimate of drug-likeness (QED) is 0.785. The molecule has 0 radical (unpaired) electrons. The Labute approximate surface area is 113 Å². The highest BCUT2D eigenvalue weighted by atomic mass is 35.5. The standard InChI is InChI=1S/C14H18ClNO2/c1-3-11-5-4-6-12-14(11)18-9-13(17)16(12)8-10(2)7-15/h4-6,10H,3,7-9H2,1-2H3. The zero-order valence-corrected chi connectivity index (χ0v) is 11.5. The van der Waals surface area contributed by atoms with E-state index in [-0.39, 0.29) is 18.4 Å². The summed E-state index contributed by atoms with van der Waals surface area (Å²) >= 11 is 5.84. The van der Waals surface area contributed by atoms with Crippen molar-refractivity contribution in [1.82, 2.24) is 0 Å². The molecule has 0 saturated heterocycles. The number of carbonyl (C=O) groups is 1. The van der Waals surface area contributed by atoms with Crippen molar-refractivity contribution in [2.24, 2.45) is 5.92 Å². The van der Waals surface area contributed by atoms with E-state index in [0.717, 1.165) is 23.4 Å². The molecule has 0 aliphatic carbocycles. The number of ether oxygens (including phenoxy) is 1. The van der Waals surface area contributed by atoms with Crippen LogP contribution in [0.2, 0.25) is 0 Å². The summed E-state index contributed by atoms with van der Waals surface area (Å²) < 4.78 is 5.58. The number of carbonyl (C=O) groups excluding carboxylic acids is 1. The van der Waals surface area contributed by atoms with Crippen molar-refractivity contribution in [3.8, 4) is 5.75 Å². The van der Waals surface area contributed by atoms with Gasteiger partial charge in [-0.05, 0) is 24.0 Å². The summed E-state index contributed by atoms with van der Waals surface area (Å²) in [5.74, 6) is 1.67. The third kappa shape index (κ3) is 2.46. The molecular weight excluding hydrogens is 250 g/mol. The molecule has 1 amide bonds. The first-order chi connectivity index (χ1) is 8.67. The highest BCUT2D eigenvalue weighted by molar-refractivity contribution is 6.18. The van der Waals surface area contributed by atoms with Crippen molar-refractivity contribution in [3.63, 3.8) is 0 Å². The summed E-state index contributed by atoms with van der Waals surface area (Å²) in [5, 5.41) is 0. The van der Waals surface area contributed by atoms with E-state index in [2.05, 4.69) is 6.92 Å². The van der Waals surface area contributed by atoms with Crippen LogP contribution in [0, 0.1) is 5.92 Å². The molecule has 1 heterocycles. The highest BCUT2D eigenvalue weighted by Crippen LogP contribution is 2.35. The summed E-state index contributed by atoms with van der Waals surface area (Å²) in [5.41, 5.74) is 2.02. The lowest BCUT2D eigenvalue weighted by atomic mass is 10.1. The van der Waals surface area contributed by atoms with E-state index in [0.29, 0.717) is 12.4 Å². The first-order valence-corrected chi connectivity index (χ1v) is 6.81. The van der Waals surface area contributed by atoms with E-state index in [1.54, 1.807) is 4.90 Å². The van der Waals surface area contributed by atoms with Gasteiger partial charge in [0.15, 0.2) is 6.61 Å². The lowest BCUT2D eigenvalue weighted by Crippen LogP contribution is -2.41. The largest absolute Gasteiger partial charge is 0.481 e. The second-order valence-corrected chi connectivity index (χ2v) is 4.98. The number of hydrogen-bond acceptors (Lipinski definition) is 2. The summed E-state index contributed by atoms with van der Waals surface area (Å²) in [6.45, 7) is 4.89. The number of nitrogens with zero attached hydrogens (tertiary/aromatic N) is 1. The van der Waals surface area contributed by atoms with Crippen LogP contribution >= 0.6 is 11.6 Å². The van der Waals surface area contributed by atoms with Crippen molar-refractivity contribution >= 4 is 23.2 Å². The van der Waals surface area contributed by atoms with E-state index < -0.39 is 0 Å². The first-order valence-electron chi connectivity index (χ1n) is 6.28. The number of alkyl halides is 1. The second kappa shape index (κ2) is 5.61. The Morgan fingerprint density at radius 2 is 2.28 bits per heavy atom. The van der Waals surface area contributed by atoms with Gasteiger partial charge in [-0.2, -0.15) is 0 Å². The van der Waals surface area contributed by atoms with Crippen LogP contribution in [0.25, 0.3) is 0 Å². The lowest BCUT2D eigenvalue weighted by molar-refractivity contribution is -0.121. The molecular formula is C14H18ClNO2. The van der Waals surface area contributed by atoms with Crippen LogP contribution < -0.4 is 9.64 Å². The van der Waals surface area contributed by atoms with Crippen LogP contribution in [0.4, 0.5) is 5.69 Å². The minimum absolute atomic E-state index is 0.00715. The fourth-order valence-corrected chi connectivity index (χ4v) is 2.23. The van der Waals surface area contributed by atoms with E-state index >= 15 is 0 Å². The van der Waals surface area contributed by atoms with Crippen LogP contribution in [0.5, 0.6) is 5.75 Å². The molecule has 1 aliphatic rings. The Hall–Kier alpha value is -1.22. The van der Waals surface area contributed by atoms with Gasteiger partial charge < -0.3 is 9.64 Å². The highest BCUT2D eigenvalue weighted by Gasteiger charge is 2.27. The molecule has 0 N–H and O–H groups in total. The number of benzene rings is 1. The molecule has 2 rings (SSSR count). The normalized spacial score (nSPS) is 16.2. The first kappa shape index (κ1) is 13.2. The van der Waals surface area contributed by atoms with Crippen LogP contribution in [-0.2, 0) is 11.2 Å². The third-order valence-electron chi connectivity index (χ3n) is 3.15. The maximum Gasteiger partial charge on any atom is 0.265 e. The number of para-hydroxylation sites is 1. The molecule has 3 nitrogen and oxygen atoms in total. The molecule has 1 unspecified atom stereocenters. The van der Waals surface area contributed by atoms with Crippen molar-refractivity contribution in [2.75, 3.05) is 23.9 Å². The topological polar surface area (TPSA) is 29.5 Å². The van der Waals surface area contributed by atoms with Gasteiger partial charge in [-0.1, -0.05) is 26.0 Å². The molecule has 0 spiro atoms. The number of fused-ring (bicyclic) bond motifs is 1. The predicted molar refractivity (Wildman–Crippen MR) is 73.6 cm³/mol. The summed E-state index contributed by atoms with van der Waals surface area (Å²) in [7, 11) is 0. The number of hydrogen-bond donors (Lipinski definition) is 0. The van der Waals surface area contributed by atoms with Crippen molar-refractivity contribution in [1.29, 1.82) is 0 Å². The maximum absolute atomic E-state index is 12.0. The van der Waals surface area contributed by atoms with Gasteiger partial charge in [0.25, 0.3) is 5.91 Å². The van der Waals surface area contributed by atoms with Gasteiger partial charge in [0.05, 0.1) is 5.69 Å². The molecule has 98 valence electrons. The molecule has 4 heteroatoms. The van der Waals surface area contributed by atoms with Gasteiger partial charge in [0, 0.05) is 12.4 Å². The average Bonchev–Trinajstić information content (AvgIpc) is 2.40. The van der Waals surface area contributed by atoms with Gasteiger partial charge in [-0.25, -0.2) is 0 Å². The SMILES string of the molecule is CCc1cccc2c1OCC(=O)N2CC(C)CCl. The molecule has 1 aromatic carbocycles. The number of aryl methyl sites for hydroxylation is 1. The zero-order valence-electron chi connectivity index (χ0n) is 10.8. The Morgan fingerprint density at radius 3 is 2.94 bits per heavy atom. The minimum Gasteiger partial charge on any atom is -0.481 e. The van der Waals surface area contributed by atoms with Gasteiger partial charge in [0.1, 0.15) is 5.75 Å². The van der Waals surface area contributed by atoms with Crippen molar-refractivity contribution in [2.45, 2.75) is 20.3 Å². The molecule has 1 aliphatic heterocycles. The molecule has 1 aromatic rings. The van der Waals surface area contributed by atoms with Gasteiger partial charge >= 0.3 is 0 Å². The van der Waals surface area contributed by atoms with Crippen molar-refractivity contribution < 1.29 is 9.53 Å². The summed E-state index contributed by atoms with van der Waals surface area (Å²) in [6.07, 6.45) is 0.899. The van der Waals surface area contributed by atoms with Crippen LogP contribution in [0.15, 0.2) is 18.2 Å². The van der Waals surface area contributed by atoms with Crippen LogP contribution in [0.3, 0.4) is 0 Å². The summed E-state index contributed by atoms with van der Waals surface area (Å²) in [6, 6.07) is 5.95. The average molecular weight is 268 g/mol. The van der Waals surface area contributed by atoms with Gasteiger partial charge in [-0.3, -0.25) is 4.79 Å². The maximum atomic E-state index is 12.0. The van der Waals surface area contributed by atoms with E-state index in [1.165, 1.54) is 0 Å². The fourth-order valence-electron chi connectivity index (χ4n) is 2.14. The molecule has 0 fully saturated rings. The number of amides is 1. The molecule has 1 atom stereocenters. The Kier molecular flexibility index (Phi) is 4.12. The second-order valence-electron chi connectivity index (χ2n) is 4.67. The Morgan fingerprint density at radius 1 is 1.50 bits per heavy atom. The lowest BCUT2D eigenvalue weighted by Gasteiger charge is -2.32. The molecule has 18 heavy (non-hydrogen) atoms. The smallest absolute Gasteiger partial charge is 0.265 e. The van der Waals surface area contributed by atoms with Crippen LogP contribution in [-0.4, -0.2) is 24.9 Å². The van der Waals surface area contributed by atoms with E-state index in [4.69, 9.17) is 16.3 Å². The number of halogens is 1. The van der Waals surface area contributed by atoms with Crippen molar-refractivity contribution in [3.05, 3.63) is 23.8 Å². The molecule has 0 bridgehead atoms. The summed E-state index contributed by atoms with van der Waals surface area (Å²) in [4.78, 5) is 13.8. The van der Waals surface area contributed by atoms with E-state index in [1.807, 2.05) is 25.1 Å². The number of anilines is 1. The van der Waals surface area contributed by atoms with Gasteiger partial charge in [-0.15, -0.1) is 11.6 Å². The van der Waals surface area contributed by atoms with Crippen LogP contribution in [0.1, 0.15) is 19.4 Å². The third-order valence-corrected chi connectivity index (χ3v) is 3.67. The Balaban J connectivity index is 2.35. The predicted octanol–water partition coefficient (Wildman–Crippen LogP) is 2.85. The minimum atomic E-state index is 0.00715. The number of rotatable bonds is 4. The Bertz CT molecular complexity index is 447. The molecule has 0 aromatic heterocycles. The van der Waals surface area contributed by atoms with E-state index in [9.17, 15) is 4.79 Å². The monoisotopic (exact) mass is 267 g/mol. The molecule has 0 saturated carbocycles. The zero-order chi connectivity index (χ0) is 13.1. The fraction of sp³-hybridized carbons (Fsp3) is 0.500.